The highest BCUT2D eigenvalue weighted by atomic mass is 35.5. The SMILES string of the molecule is O=C1NCC2C1CCC(c1ccccc1Cl)C2c1ccc(Cl)cc1. The quantitative estimate of drug-likeness (QED) is 0.801. The number of carbonyl (C=O) groups is 1. The summed E-state index contributed by atoms with van der Waals surface area (Å²) in [5, 5.41) is 4.62. The van der Waals surface area contributed by atoms with Crippen LogP contribution in [0, 0.1) is 11.8 Å². The first-order valence-corrected chi connectivity index (χ1v) is 9.18. The number of fused-ring (bicyclic) bond motifs is 1. The summed E-state index contributed by atoms with van der Waals surface area (Å²) < 4.78 is 0. The van der Waals surface area contributed by atoms with Gasteiger partial charge in [-0.2, -0.15) is 0 Å². The van der Waals surface area contributed by atoms with Gasteiger partial charge in [0.15, 0.2) is 0 Å². The highest BCUT2D eigenvalue weighted by Gasteiger charge is 2.47. The van der Waals surface area contributed by atoms with Crippen LogP contribution in [-0.2, 0) is 4.79 Å². The molecule has 1 heterocycles. The van der Waals surface area contributed by atoms with Crippen LogP contribution in [0.2, 0.25) is 10.0 Å². The van der Waals surface area contributed by atoms with Crippen molar-refractivity contribution >= 4 is 29.1 Å². The Morgan fingerprint density at radius 3 is 2.38 bits per heavy atom. The molecule has 4 rings (SSSR count). The zero-order valence-corrected chi connectivity index (χ0v) is 14.7. The van der Waals surface area contributed by atoms with Crippen molar-refractivity contribution in [2.45, 2.75) is 24.7 Å². The van der Waals surface area contributed by atoms with Crippen molar-refractivity contribution < 1.29 is 4.79 Å². The summed E-state index contributed by atoms with van der Waals surface area (Å²) in [5.74, 6) is 1.24. The van der Waals surface area contributed by atoms with Crippen molar-refractivity contribution in [3.8, 4) is 0 Å². The van der Waals surface area contributed by atoms with E-state index in [0.29, 0.717) is 11.8 Å². The van der Waals surface area contributed by atoms with Crippen molar-refractivity contribution in [1.29, 1.82) is 0 Å². The van der Waals surface area contributed by atoms with E-state index in [-0.39, 0.29) is 17.7 Å². The van der Waals surface area contributed by atoms with Gasteiger partial charge in [0.05, 0.1) is 0 Å². The second-order valence-electron chi connectivity index (χ2n) is 6.80. The first-order valence-electron chi connectivity index (χ1n) is 8.43. The number of carbonyl (C=O) groups excluding carboxylic acids is 1. The smallest absolute Gasteiger partial charge is 0.223 e. The highest BCUT2D eigenvalue weighted by molar-refractivity contribution is 6.31. The largest absolute Gasteiger partial charge is 0.356 e. The second-order valence-corrected chi connectivity index (χ2v) is 7.64. The average molecular weight is 360 g/mol. The lowest BCUT2D eigenvalue weighted by Gasteiger charge is -2.39. The molecule has 124 valence electrons. The number of rotatable bonds is 2. The third-order valence-electron chi connectivity index (χ3n) is 5.61. The lowest BCUT2D eigenvalue weighted by atomic mass is 9.63. The Labute approximate surface area is 152 Å². The highest BCUT2D eigenvalue weighted by Crippen LogP contribution is 2.52. The standard InChI is InChI=1S/C20H19Cl2NO/c21-13-7-5-12(6-8-13)19-15(14-3-1-2-4-18(14)22)9-10-16-17(19)11-23-20(16)24/h1-8,15-17,19H,9-11H2,(H,23,24). The van der Waals surface area contributed by atoms with E-state index in [1.807, 2.05) is 30.3 Å². The Bertz CT molecular complexity index is 758. The molecular formula is C20H19Cl2NO. The summed E-state index contributed by atoms with van der Waals surface area (Å²) >= 11 is 12.6. The molecule has 0 bridgehead atoms. The molecule has 0 spiro atoms. The third kappa shape index (κ3) is 2.72. The zero-order valence-electron chi connectivity index (χ0n) is 13.2. The summed E-state index contributed by atoms with van der Waals surface area (Å²) in [6.07, 6.45) is 1.90. The first-order chi connectivity index (χ1) is 11.6. The van der Waals surface area contributed by atoms with Crippen LogP contribution < -0.4 is 5.32 Å². The fourth-order valence-corrected chi connectivity index (χ4v) is 4.94. The topological polar surface area (TPSA) is 29.1 Å². The van der Waals surface area contributed by atoms with Gasteiger partial charge >= 0.3 is 0 Å². The molecule has 1 saturated heterocycles. The molecule has 0 aromatic heterocycles. The van der Waals surface area contributed by atoms with Gasteiger partial charge in [0.1, 0.15) is 0 Å². The molecule has 2 aromatic carbocycles. The molecule has 2 nitrogen and oxygen atoms in total. The van der Waals surface area contributed by atoms with E-state index < -0.39 is 0 Å². The summed E-state index contributed by atoms with van der Waals surface area (Å²) in [4.78, 5) is 12.2. The summed E-state index contributed by atoms with van der Waals surface area (Å²) in [6.45, 7) is 0.748. The van der Waals surface area contributed by atoms with E-state index in [1.54, 1.807) is 0 Å². The summed E-state index contributed by atoms with van der Waals surface area (Å²) in [7, 11) is 0. The lowest BCUT2D eigenvalue weighted by Crippen LogP contribution is -2.32. The monoisotopic (exact) mass is 359 g/mol. The summed E-state index contributed by atoms with van der Waals surface area (Å²) in [6, 6.07) is 16.2. The molecule has 0 radical (unpaired) electrons. The molecule has 4 atom stereocenters. The molecule has 4 unspecified atom stereocenters. The van der Waals surface area contributed by atoms with E-state index in [0.717, 1.165) is 29.4 Å². The molecule has 1 aliphatic heterocycles. The van der Waals surface area contributed by atoms with Gasteiger partial charge in [-0.3, -0.25) is 4.79 Å². The van der Waals surface area contributed by atoms with Crippen molar-refractivity contribution in [3.05, 3.63) is 69.7 Å². The van der Waals surface area contributed by atoms with E-state index in [2.05, 4.69) is 23.5 Å². The Morgan fingerprint density at radius 2 is 1.62 bits per heavy atom. The van der Waals surface area contributed by atoms with Crippen LogP contribution in [0.5, 0.6) is 0 Å². The number of hydrogen-bond acceptors (Lipinski definition) is 1. The predicted octanol–water partition coefficient (Wildman–Crippen LogP) is 5.02. The van der Waals surface area contributed by atoms with Gasteiger partial charge in [-0.1, -0.05) is 53.5 Å². The molecule has 1 amide bonds. The Hall–Kier alpha value is -1.51. The molecule has 2 aliphatic rings. The fraction of sp³-hybridized carbons (Fsp3) is 0.350. The minimum atomic E-state index is 0.115. The van der Waals surface area contributed by atoms with E-state index in [1.165, 1.54) is 11.1 Å². The fourth-order valence-electron chi connectivity index (χ4n) is 4.53. The van der Waals surface area contributed by atoms with Gasteiger partial charge in [-0.05, 0) is 59.9 Å². The van der Waals surface area contributed by atoms with Crippen molar-refractivity contribution in [2.75, 3.05) is 6.54 Å². The number of benzene rings is 2. The van der Waals surface area contributed by atoms with Gasteiger partial charge in [0.25, 0.3) is 0 Å². The minimum Gasteiger partial charge on any atom is -0.356 e. The molecule has 2 fully saturated rings. The maximum absolute atomic E-state index is 12.2. The Kier molecular flexibility index (Phi) is 4.28. The number of halogens is 2. The van der Waals surface area contributed by atoms with E-state index in [4.69, 9.17) is 23.2 Å². The number of hydrogen-bond donors (Lipinski definition) is 1. The molecule has 24 heavy (non-hydrogen) atoms. The predicted molar refractivity (Wildman–Crippen MR) is 97.6 cm³/mol. The van der Waals surface area contributed by atoms with Crippen LogP contribution in [0.15, 0.2) is 48.5 Å². The zero-order chi connectivity index (χ0) is 16.7. The van der Waals surface area contributed by atoms with Gasteiger partial charge in [-0.25, -0.2) is 0 Å². The van der Waals surface area contributed by atoms with Crippen molar-refractivity contribution in [1.82, 2.24) is 5.32 Å². The maximum Gasteiger partial charge on any atom is 0.223 e. The number of amides is 1. The van der Waals surface area contributed by atoms with Crippen LogP contribution in [0.4, 0.5) is 0 Å². The molecule has 4 heteroatoms. The molecule has 2 aromatic rings. The number of nitrogens with one attached hydrogen (secondary N) is 1. The van der Waals surface area contributed by atoms with Crippen molar-refractivity contribution in [2.24, 2.45) is 11.8 Å². The molecule has 1 aliphatic carbocycles. The van der Waals surface area contributed by atoms with Gasteiger partial charge < -0.3 is 5.32 Å². The van der Waals surface area contributed by atoms with E-state index >= 15 is 0 Å². The van der Waals surface area contributed by atoms with Crippen LogP contribution in [0.1, 0.15) is 35.8 Å². The Morgan fingerprint density at radius 1 is 0.917 bits per heavy atom. The van der Waals surface area contributed by atoms with Crippen LogP contribution in [-0.4, -0.2) is 12.5 Å². The van der Waals surface area contributed by atoms with Gasteiger partial charge in [0, 0.05) is 22.5 Å². The third-order valence-corrected chi connectivity index (χ3v) is 6.20. The van der Waals surface area contributed by atoms with Crippen LogP contribution in [0.25, 0.3) is 0 Å². The molecule has 1 N–H and O–H groups in total. The lowest BCUT2D eigenvalue weighted by molar-refractivity contribution is -0.123. The van der Waals surface area contributed by atoms with Crippen molar-refractivity contribution in [3.63, 3.8) is 0 Å². The summed E-state index contributed by atoms with van der Waals surface area (Å²) in [5.41, 5.74) is 2.44. The molecular weight excluding hydrogens is 341 g/mol. The Balaban J connectivity index is 1.78. The van der Waals surface area contributed by atoms with Gasteiger partial charge in [0.2, 0.25) is 5.91 Å². The molecule has 1 saturated carbocycles. The maximum atomic E-state index is 12.2. The minimum absolute atomic E-state index is 0.115. The van der Waals surface area contributed by atoms with Crippen LogP contribution >= 0.6 is 23.2 Å². The van der Waals surface area contributed by atoms with Gasteiger partial charge in [-0.15, -0.1) is 0 Å². The average Bonchev–Trinajstić information content (AvgIpc) is 2.97. The normalized spacial score (nSPS) is 29.2. The second kappa shape index (κ2) is 6.42. The van der Waals surface area contributed by atoms with Crippen LogP contribution in [0.3, 0.4) is 0 Å². The first kappa shape index (κ1) is 16.0. The van der Waals surface area contributed by atoms with E-state index in [9.17, 15) is 4.79 Å².